The van der Waals surface area contributed by atoms with Crippen molar-refractivity contribution in [1.82, 2.24) is 15.1 Å². The van der Waals surface area contributed by atoms with Crippen molar-refractivity contribution in [2.75, 3.05) is 32.7 Å². The summed E-state index contributed by atoms with van der Waals surface area (Å²) in [6.07, 6.45) is 1.56. The fourth-order valence-corrected chi connectivity index (χ4v) is 3.23. The lowest BCUT2D eigenvalue weighted by molar-refractivity contribution is -0.135. The molecule has 0 spiro atoms. The number of amides is 2. The summed E-state index contributed by atoms with van der Waals surface area (Å²) in [5.41, 5.74) is -0.253. The second kappa shape index (κ2) is 6.62. The van der Waals surface area contributed by atoms with Crippen LogP contribution in [-0.4, -0.2) is 60.4 Å². The van der Waals surface area contributed by atoms with Gasteiger partial charge in [0.25, 0.3) is 5.91 Å². The van der Waals surface area contributed by atoms with Crippen LogP contribution < -0.4 is 5.32 Å². The van der Waals surface area contributed by atoms with Crippen molar-refractivity contribution in [2.24, 2.45) is 0 Å². The average molecular weight is 323 g/mol. The summed E-state index contributed by atoms with van der Waals surface area (Å²) in [7, 11) is 0. The number of carbonyl (C=O) groups excluding carboxylic acids is 2. The van der Waals surface area contributed by atoms with Crippen LogP contribution in [0.3, 0.4) is 0 Å². The topological polar surface area (TPSA) is 52.7 Å². The Morgan fingerprint density at radius 2 is 2.09 bits per heavy atom. The maximum atomic E-state index is 13.8. The van der Waals surface area contributed by atoms with Crippen molar-refractivity contribution in [1.29, 1.82) is 0 Å². The molecular formula is C16H19F2N3O2. The highest BCUT2D eigenvalue weighted by atomic mass is 19.1. The van der Waals surface area contributed by atoms with E-state index in [1.807, 2.05) is 0 Å². The zero-order valence-electron chi connectivity index (χ0n) is 12.7. The lowest BCUT2D eigenvalue weighted by atomic mass is 10.0. The minimum Gasteiger partial charge on any atom is -0.336 e. The number of hydrogen-bond acceptors (Lipinski definition) is 3. The average Bonchev–Trinajstić information content (AvgIpc) is 2.57. The number of halogens is 2. The standard InChI is InChI=1S/C16H19F2N3O2/c17-11-3-4-14(18)13(8-11)16(23)20-6-1-2-12(10-20)21-7-5-19-9-15(21)22/h3-4,8,12,19H,1-2,5-7,9-10H2. The molecule has 3 rings (SSSR count). The van der Waals surface area contributed by atoms with E-state index in [-0.39, 0.29) is 17.5 Å². The molecule has 1 atom stereocenters. The first-order chi connectivity index (χ1) is 11.1. The zero-order chi connectivity index (χ0) is 16.4. The first-order valence-electron chi connectivity index (χ1n) is 7.81. The lowest BCUT2D eigenvalue weighted by Crippen LogP contribution is -2.57. The Bertz CT molecular complexity index is 623. The molecule has 0 saturated carbocycles. The molecule has 2 amide bonds. The molecule has 124 valence electrons. The summed E-state index contributed by atoms with van der Waals surface area (Å²) < 4.78 is 27.1. The van der Waals surface area contributed by atoms with Gasteiger partial charge in [0.2, 0.25) is 5.91 Å². The Balaban J connectivity index is 1.74. The van der Waals surface area contributed by atoms with Crippen LogP contribution in [0, 0.1) is 11.6 Å². The van der Waals surface area contributed by atoms with Gasteiger partial charge in [0, 0.05) is 32.2 Å². The van der Waals surface area contributed by atoms with Gasteiger partial charge in [-0.25, -0.2) is 8.78 Å². The third kappa shape index (κ3) is 3.34. The van der Waals surface area contributed by atoms with Crippen LogP contribution >= 0.6 is 0 Å². The molecule has 1 unspecified atom stereocenters. The maximum absolute atomic E-state index is 13.8. The van der Waals surface area contributed by atoms with Crippen LogP contribution in [-0.2, 0) is 4.79 Å². The number of nitrogens with zero attached hydrogens (tertiary/aromatic N) is 2. The molecule has 0 aliphatic carbocycles. The van der Waals surface area contributed by atoms with Gasteiger partial charge in [0.05, 0.1) is 12.1 Å². The number of carbonyl (C=O) groups is 2. The minimum absolute atomic E-state index is 0.0208. The highest BCUT2D eigenvalue weighted by Crippen LogP contribution is 2.20. The van der Waals surface area contributed by atoms with Gasteiger partial charge >= 0.3 is 0 Å². The molecule has 23 heavy (non-hydrogen) atoms. The van der Waals surface area contributed by atoms with Gasteiger partial charge in [-0.15, -0.1) is 0 Å². The van der Waals surface area contributed by atoms with E-state index in [0.717, 1.165) is 37.6 Å². The van der Waals surface area contributed by atoms with E-state index in [2.05, 4.69) is 5.32 Å². The van der Waals surface area contributed by atoms with E-state index in [1.165, 1.54) is 4.90 Å². The highest BCUT2D eigenvalue weighted by Gasteiger charge is 2.32. The first kappa shape index (κ1) is 15.9. The number of piperazine rings is 1. The van der Waals surface area contributed by atoms with Crippen molar-refractivity contribution >= 4 is 11.8 Å². The van der Waals surface area contributed by atoms with E-state index < -0.39 is 17.5 Å². The van der Waals surface area contributed by atoms with Gasteiger partial charge in [-0.05, 0) is 31.0 Å². The van der Waals surface area contributed by atoms with Gasteiger partial charge in [0.15, 0.2) is 0 Å². The fraction of sp³-hybridized carbons (Fsp3) is 0.500. The molecule has 0 aromatic heterocycles. The molecule has 1 aromatic rings. The molecule has 0 radical (unpaired) electrons. The largest absolute Gasteiger partial charge is 0.336 e. The first-order valence-corrected chi connectivity index (χ1v) is 7.81. The number of likely N-dealkylation sites (tertiary alicyclic amines) is 1. The molecular weight excluding hydrogens is 304 g/mol. The Hall–Kier alpha value is -2.02. The monoisotopic (exact) mass is 323 g/mol. The van der Waals surface area contributed by atoms with Crippen LogP contribution in [0.5, 0.6) is 0 Å². The van der Waals surface area contributed by atoms with Crippen LogP contribution in [0.2, 0.25) is 0 Å². The lowest BCUT2D eigenvalue weighted by Gasteiger charge is -2.41. The summed E-state index contributed by atoms with van der Waals surface area (Å²) in [6.45, 7) is 2.50. The van der Waals surface area contributed by atoms with Gasteiger partial charge in [-0.3, -0.25) is 9.59 Å². The Kier molecular flexibility index (Phi) is 4.56. The van der Waals surface area contributed by atoms with Crippen LogP contribution in [0.15, 0.2) is 18.2 Å². The second-order valence-electron chi connectivity index (χ2n) is 5.94. The SMILES string of the molecule is O=C(c1cc(F)ccc1F)N1CCCC(N2CCNCC2=O)C1. The smallest absolute Gasteiger partial charge is 0.257 e. The van der Waals surface area contributed by atoms with Crippen molar-refractivity contribution in [3.8, 4) is 0 Å². The van der Waals surface area contributed by atoms with Crippen LogP contribution in [0.1, 0.15) is 23.2 Å². The normalized spacial score (nSPS) is 22.3. The number of rotatable bonds is 2. The summed E-state index contributed by atoms with van der Waals surface area (Å²) in [4.78, 5) is 27.8. The van der Waals surface area contributed by atoms with Crippen molar-refractivity contribution in [3.63, 3.8) is 0 Å². The van der Waals surface area contributed by atoms with E-state index >= 15 is 0 Å². The van der Waals surface area contributed by atoms with Crippen LogP contribution in [0.25, 0.3) is 0 Å². The van der Waals surface area contributed by atoms with Gasteiger partial charge < -0.3 is 15.1 Å². The zero-order valence-corrected chi connectivity index (χ0v) is 12.7. The van der Waals surface area contributed by atoms with Crippen molar-refractivity contribution in [2.45, 2.75) is 18.9 Å². The summed E-state index contributed by atoms with van der Waals surface area (Å²) in [6, 6.07) is 2.82. The molecule has 1 aromatic carbocycles. The maximum Gasteiger partial charge on any atom is 0.257 e. The molecule has 1 N–H and O–H groups in total. The summed E-state index contributed by atoms with van der Waals surface area (Å²) >= 11 is 0. The van der Waals surface area contributed by atoms with E-state index in [1.54, 1.807) is 4.90 Å². The van der Waals surface area contributed by atoms with Gasteiger partial charge in [0.1, 0.15) is 11.6 Å². The third-order valence-electron chi connectivity index (χ3n) is 4.41. The minimum atomic E-state index is -0.725. The van der Waals surface area contributed by atoms with Gasteiger partial charge in [-0.2, -0.15) is 0 Å². The molecule has 0 bridgehead atoms. The third-order valence-corrected chi connectivity index (χ3v) is 4.41. The Morgan fingerprint density at radius 3 is 2.87 bits per heavy atom. The molecule has 7 heteroatoms. The predicted molar refractivity (Wildman–Crippen MR) is 79.9 cm³/mol. The predicted octanol–water partition coefficient (Wildman–Crippen LogP) is 1.00. The van der Waals surface area contributed by atoms with E-state index in [0.29, 0.717) is 26.2 Å². The molecule has 2 aliphatic rings. The molecule has 5 nitrogen and oxygen atoms in total. The van der Waals surface area contributed by atoms with Crippen LogP contribution in [0.4, 0.5) is 8.78 Å². The fourth-order valence-electron chi connectivity index (χ4n) is 3.23. The molecule has 2 heterocycles. The molecule has 2 fully saturated rings. The van der Waals surface area contributed by atoms with Gasteiger partial charge in [-0.1, -0.05) is 0 Å². The molecule has 2 saturated heterocycles. The number of nitrogens with one attached hydrogen (secondary N) is 1. The van der Waals surface area contributed by atoms with E-state index in [9.17, 15) is 18.4 Å². The second-order valence-corrected chi connectivity index (χ2v) is 5.94. The summed E-state index contributed by atoms with van der Waals surface area (Å²) in [5.74, 6) is -1.86. The number of hydrogen-bond donors (Lipinski definition) is 1. The summed E-state index contributed by atoms with van der Waals surface area (Å²) in [5, 5.41) is 3.01. The van der Waals surface area contributed by atoms with E-state index in [4.69, 9.17) is 0 Å². The quantitative estimate of drug-likeness (QED) is 0.883. The Morgan fingerprint density at radius 1 is 1.26 bits per heavy atom. The highest BCUT2D eigenvalue weighted by molar-refractivity contribution is 5.94. The van der Waals surface area contributed by atoms with Crippen molar-refractivity contribution in [3.05, 3.63) is 35.4 Å². The number of benzene rings is 1. The number of piperidine rings is 1. The molecule has 2 aliphatic heterocycles. The Labute approximate surface area is 133 Å². The van der Waals surface area contributed by atoms with Crippen molar-refractivity contribution < 1.29 is 18.4 Å².